The van der Waals surface area contributed by atoms with E-state index < -0.39 is 28.2 Å². The first kappa shape index (κ1) is 15.3. The lowest BCUT2D eigenvalue weighted by atomic mass is 10.0. The summed E-state index contributed by atoms with van der Waals surface area (Å²) in [6, 6.07) is 0.998. The molecule has 0 spiro atoms. The fourth-order valence-corrected chi connectivity index (χ4v) is 1.30. The van der Waals surface area contributed by atoms with Crippen LogP contribution >= 0.6 is 12.4 Å². The summed E-state index contributed by atoms with van der Waals surface area (Å²) >= 11 is 0. The van der Waals surface area contributed by atoms with Crippen molar-refractivity contribution in [2.24, 2.45) is 5.73 Å². The van der Waals surface area contributed by atoms with Crippen LogP contribution in [0.5, 0.6) is 5.75 Å². The van der Waals surface area contributed by atoms with E-state index in [-0.39, 0.29) is 24.4 Å². The number of hydrogen-bond donors (Lipinski definition) is 2. The molecule has 1 aromatic rings. The number of nitro benzene ring substituents is 1. The summed E-state index contributed by atoms with van der Waals surface area (Å²) in [5.41, 5.74) is 5.19. The SMILES string of the molecule is C=CC[C@@H](N)c1cc([N+](=O)[O-])cc(F)c1O.Cl. The van der Waals surface area contributed by atoms with Gasteiger partial charge in [0.05, 0.1) is 11.0 Å². The molecule has 7 heteroatoms. The number of nitrogens with zero attached hydrogens (tertiary/aromatic N) is 1. The van der Waals surface area contributed by atoms with Gasteiger partial charge < -0.3 is 10.8 Å². The topological polar surface area (TPSA) is 89.4 Å². The molecule has 0 fully saturated rings. The molecular formula is C10H12ClFN2O3. The highest BCUT2D eigenvalue weighted by Gasteiger charge is 2.19. The lowest BCUT2D eigenvalue weighted by molar-refractivity contribution is -0.385. The molecule has 0 aliphatic carbocycles. The molecule has 0 aromatic heterocycles. The normalized spacial score (nSPS) is 11.4. The highest BCUT2D eigenvalue weighted by molar-refractivity contribution is 5.85. The second-order valence-corrected chi connectivity index (χ2v) is 3.25. The fraction of sp³-hybridized carbons (Fsp3) is 0.200. The number of nitro groups is 1. The molecule has 0 amide bonds. The number of phenolic OH excluding ortho intramolecular Hbond substituents is 1. The highest BCUT2D eigenvalue weighted by atomic mass is 35.5. The Hall–Kier alpha value is -1.66. The van der Waals surface area contributed by atoms with Gasteiger partial charge in [0.2, 0.25) is 0 Å². The summed E-state index contributed by atoms with van der Waals surface area (Å²) in [6.07, 6.45) is 1.77. The largest absolute Gasteiger partial charge is 0.505 e. The van der Waals surface area contributed by atoms with E-state index in [1.165, 1.54) is 6.08 Å². The Morgan fingerprint density at radius 1 is 1.65 bits per heavy atom. The van der Waals surface area contributed by atoms with Gasteiger partial charge in [-0.25, -0.2) is 4.39 Å². The quantitative estimate of drug-likeness (QED) is 0.495. The zero-order chi connectivity index (χ0) is 12.3. The summed E-state index contributed by atoms with van der Waals surface area (Å²) in [7, 11) is 0. The molecule has 0 radical (unpaired) electrons. The van der Waals surface area contributed by atoms with Crippen molar-refractivity contribution in [1.29, 1.82) is 0 Å². The monoisotopic (exact) mass is 262 g/mol. The van der Waals surface area contributed by atoms with E-state index in [0.717, 1.165) is 6.07 Å². The Balaban J connectivity index is 0.00000256. The van der Waals surface area contributed by atoms with E-state index in [9.17, 15) is 19.6 Å². The van der Waals surface area contributed by atoms with Gasteiger partial charge in [0, 0.05) is 17.7 Å². The van der Waals surface area contributed by atoms with Crippen molar-refractivity contribution in [1.82, 2.24) is 0 Å². The van der Waals surface area contributed by atoms with Crippen LogP contribution in [0.1, 0.15) is 18.0 Å². The molecule has 0 aliphatic heterocycles. The van der Waals surface area contributed by atoms with Crippen LogP contribution in [0.15, 0.2) is 24.8 Å². The predicted molar refractivity (Wildman–Crippen MR) is 63.7 cm³/mol. The van der Waals surface area contributed by atoms with E-state index in [1.54, 1.807) is 0 Å². The van der Waals surface area contributed by atoms with Crippen LogP contribution in [-0.4, -0.2) is 10.0 Å². The maximum Gasteiger partial charge on any atom is 0.272 e. The number of nitrogens with two attached hydrogens (primary N) is 1. The van der Waals surface area contributed by atoms with Gasteiger partial charge in [-0.2, -0.15) is 0 Å². The number of aromatic hydroxyl groups is 1. The minimum Gasteiger partial charge on any atom is -0.505 e. The maximum absolute atomic E-state index is 13.2. The van der Waals surface area contributed by atoms with Crippen LogP contribution < -0.4 is 5.73 Å². The molecule has 17 heavy (non-hydrogen) atoms. The average molecular weight is 263 g/mol. The number of halogens is 2. The molecule has 1 atom stereocenters. The van der Waals surface area contributed by atoms with E-state index in [0.29, 0.717) is 6.07 Å². The van der Waals surface area contributed by atoms with Crippen LogP contribution in [0.3, 0.4) is 0 Å². The van der Waals surface area contributed by atoms with Crippen molar-refractivity contribution < 1.29 is 14.4 Å². The molecule has 0 saturated heterocycles. The highest BCUT2D eigenvalue weighted by Crippen LogP contribution is 2.31. The van der Waals surface area contributed by atoms with Gasteiger partial charge in [0.25, 0.3) is 5.69 Å². The molecule has 5 nitrogen and oxygen atoms in total. The Kier molecular flexibility index (Phi) is 5.57. The van der Waals surface area contributed by atoms with Crippen LogP contribution in [0.25, 0.3) is 0 Å². The van der Waals surface area contributed by atoms with Gasteiger partial charge in [-0.1, -0.05) is 6.08 Å². The minimum atomic E-state index is -1.05. The maximum atomic E-state index is 13.2. The third-order valence-corrected chi connectivity index (χ3v) is 2.11. The average Bonchev–Trinajstić information content (AvgIpc) is 2.21. The van der Waals surface area contributed by atoms with Crippen molar-refractivity contribution in [3.8, 4) is 5.75 Å². The number of phenols is 1. The second kappa shape index (κ2) is 6.17. The van der Waals surface area contributed by atoms with Gasteiger partial charge in [-0.15, -0.1) is 19.0 Å². The van der Waals surface area contributed by atoms with Crippen LogP contribution in [-0.2, 0) is 0 Å². The minimum absolute atomic E-state index is 0. The third kappa shape index (κ3) is 3.40. The number of hydrogen-bond acceptors (Lipinski definition) is 4. The Morgan fingerprint density at radius 3 is 2.71 bits per heavy atom. The molecule has 0 unspecified atom stereocenters. The smallest absolute Gasteiger partial charge is 0.272 e. The fourth-order valence-electron chi connectivity index (χ4n) is 1.30. The van der Waals surface area contributed by atoms with Gasteiger partial charge in [0.15, 0.2) is 11.6 Å². The molecular weight excluding hydrogens is 251 g/mol. The Bertz CT molecular complexity index is 440. The van der Waals surface area contributed by atoms with Gasteiger partial charge in [-0.3, -0.25) is 10.1 Å². The van der Waals surface area contributed by atoms with Crippen LogP contribution in [0.2, 0.25) is 0 Å². The van der Waals surface area contributed by atoms with Crippen LogP contribution in [0, 0.1) is 15.9 Å². The lowest BCUT2D eigenvalue weighted by Crippen LogP contribution is -2.10. The summed E-state index contributed by atoms with van der Waals surface area (Å²) in [4.78, 5) is 9.75. The summed E-state index contributed by atoms with van der Waals surface area (Å²) in [5.74, 6) is -1.70. The van der Waals surface area contributed by atoms with E-state index >= 15 is 0 Å². The predicted octanol–water partition coefficient (Wildman–Crippen LogP) is 2.44. The van der Waals surface area contributed by atoms with Crippen molar-refractivity contribution in [2.45, 2.75) is 12.5 Å². The first-order chi connectivity index (χ1) is 7.47. The third-order valence-electron chi connectivity index (χ3n) is 2.11. The lowest BCUT2D eigenvalue weighted by Gasteiger charge is -2.11. The van der Waals surface area contributed by atoms with E-state index in [1.807, 2.05) is 0 Å². The molecule has 0 saturated carbocycles. The first-order valence-corrected chi connectivity index (χ1v) is 4.50. The molecule has 1 rings (SSSR count). The molecule has 1 aromatic carbocycles. The number of non-ortho nitro benzene ring substituents is 1. The zero-order valence-electron chi connectivity index (χ0n) is 8.80. The van der Waals surface area contributed by atoms with Gasteiger partial charge in [0.1, 0.15) is 0 Å². The van der Waals surface area contributed by atoms with Crippen molar-refractivity contribution in [3.63, 3.8) is 0 Å². The molecule has 0 heterocycles. The molecule has 3 N–H and O–H groups in total. The van der Waals surface area contributed by atoms with E-state index in [4.69, 9.17) is 5.73 Å². The standard InChI is InChI=1S/C10H11FN2O3.ClH/c1-2-3-9(12)7-4-6(13(15)16)5-8(11)10(7)14;/h2,4-5,9,14H,1,3,12H2;1H/t9-;/m1./s1. The number of rotatable bonds is 4. The van der Waals surface area contributed by atoms with Crippen LogP contribution in [0.4, 0.5) is 10.1 Å². The zero-order valence-corrected chi connectivity index (χ0v) is 9.61. The first-order valence-electron chi connectivity index (χ1n) is 4.50. The van der Waals surface area contributed by atoms with Gasteiger partial charge >= 0.3 is 0 Å². The summed E-state index contributed by atoms with van der Waals surface area (Å²) in [5, 5.41) is 19.9. The molecule has 94 valence electrons. The number of benzene rings is 1. The van der Waals surface area contributed by atoms with Gasteiger partial charge in [-0.05, 0) is 6.42 Å². The Morgan fingerprint density at radius 2 is 2.24 bits per heavy atom. The molecule has 0 bridgehead atoms. The second-order valence-electron chi connectivity index (χ2n) is 3.25. The van der Waals surface area contributed by atoms with Crippen molar-refractivity contribution in [3.05, 3.63) is 46.3 Å². The van der Waals surface area contributed by atoms with Crippen molar-refractivity contribution in [2.75, 3.05) is 0 Å². The molecule has 0 aliphatic rings. The summed E-state index contributed by atoms with van der Waals surface area (Å²) < 4.78 is 13.2. The summed E-state index contributed by atoms with van der Waals surface area (Å²) in [6.45, 7) is 3.45. The Labute approximate surface area is 103 Å². The van der Waals surface area contributed by atoms with E-state index in [2.05, 4.69) is 6.58 Å². The van der Waals surface area contributed by atoms with Crippen molar-refractivity contribution >= 4 is 18.1 Å².